The highest BCUT2D eigenvalue weighted by Crippen LogP contribution is 2.24. The second kappa shape index (κ2) is 11.7. The van der Waals surface area contributed by atoms with Gasteiger partial charge in [0.05, 0.1) is 6.42 Å². The molecule has 1 aromatic heterocycles. The van der Waals surface area contributed by atoms with E-state index >= 15 is 0 Å². The van der Waals surface area contributed by atoms with Gasteiger partial charge in [0.2, 0.25) is 5.91 Å². The molecule has 0 radical (unpaired) electrons. The quantitative estimate of drug-likeness (QED) is 0.597. The number of carbonyl (C=O) groups excluding carboxylic acids is 1. The zero-order valence-electron chi connectivity index (χ0n) is 18.3. The Morgan fingerprint density at radius 1 is 1.33 bits per heavy atom. The third-order valence-electron chi connectivity index (χ3n) is 5.77. The van der Waals surface area contributed by atoms with E-state index in [0.717, 1.165) is 68.5 Å². The summed E-state index contributed by atoms with van der Waals surface area (Å²) in [4.78, 5) is 15.4. The summed E-state index contributed by atoms with van der Waals surface area (Å²) in [7, 11) is 1.71. The van der Waals surface area contributed by atoms with Crippen molar-refractivity contribution in [2.75, 3.05) is 26.8 Å². The minimum absolute atomic E-state index is 0. The summed E-state index contributed by atoms with van der Waals surface area (Å²) in [5.41, 5.74) is 1.95. The molecule has 1 amide bonds. The van der Waals surface area contributed by atoms with Crippen LogP contribution in [0.2, 0.25) is 0 Å². The number of ether oxygens (including phenoxy) is 1. The molecule has 0 aliphatic carbocycles. The minimum atomic E-state index is -0.246. The lowest BCUT2D eigenvalue weighted by Gasteiger charge is -2.37. The third kappa shape index (κ3) is 5.96. The largest absolute Gasteiger partial charge is 0.385 e. The Morgan fingerprint density at radius 2 is 2.13 bits per heavy atom. The van der Waals surface area contributed by atoms with Crippen molar-refractivity contribution < 1.29 is 13.9 Å². The molecule has 0 unspecified atom stereocenters. The van der Waals surface area contributed by atoms with Crippen LogP contribution in [0, 0.1) is 5.82 Å². The molecule has 5 nitrogen and oxygen atoms in total. The van der Waals surface area contributed by atoms with Crippen molar-refractivity contribution in [3.63, 3.8) is 0 Å². The van der Waals surface area contributed by atoms with Crippen molar-refractivity contribution >= 4 is 29.2 Å². The number of fused-ring (bicyclic) bond motifs is 1. The Labute approximate surface area is 185 Å². The van der Waals surface area contributed by atoms with Crippen molar-refractivity contribution in [2.45, 2.75) is 64.6 Å². The molecule has 30 heavy (non-hydrogen) atoms. The number of nitrogens with zero attached hydrogens (tertiary/aromatic N) is 2. The molecule has 1 atom stereocenters. The number of hydrogen-bond donors (Lipinski definition) is 1. The van der Waals surface area contributed by atoms with Crippen LogP contribution >= 0.6 is 12.4 Å². The summed E-state index contributed by atoms with van der Waals surface area (Å²) in [5.74, 6) is -0.0980. The summed E-state index contributed by atoms with van der Waals surface area (Å²) in [6, 6.07) is 7.25. The average Bonchev–Trinajstić information content (AvgIpc) is 3.02. The van der Waals surface area contributed by atoms with Gasteiger partial charge >= 0.3 is 0 Å². The number of rotatable bonds is 9. The highest BCUT2D eigenvalue weighted by Gasteiger charge is 2.28. The topological polar surface area (TPSA) is 46.5 Å². The lowest BCUT2D eigenvalue weighted by molar-refractivity contribution is -0.135. The fourth-order valence-corrected chi connectivity index (χ4v) is 4.46. The van der Waals surface area contributed by atoms with E-state index in [0.29, 0.717) is 6.42 Å². The first-order valence-corrected chi connectivity index (χ1v) is 10.8. The van der Waals surface area contributed by atoms with Gasteiger partial charge in [0.1, 0.15) is 5.82 Å². The van der Waals surface area contributed by atoms with Crippen LogP contribution in [0.15, 0.2) is 24.3 Å². The summed E-state index contributed by atoms with van der Waals surface area (Å²) in [5, 5.41) is 4.27. The van der Waals surface area contributed by atoms with Gasteiger partial charge in [-0.3, -0.25) is 4.79 Å². The molecular formula is C23H35ClFN3O2. The first-order chi connectivity index (χ1) is 14.0. The molecule has 2 heterocycles. The molecule has 168 valence electrons. The number of amides is 1. The monoisotopic (exact) mass is 439 g/mol. The van der Waals surface area contributed by atoms with Crippen LogP contribution in [0.1, 0.15) is 45.2 Å². The van der Waals surface area contributed by atoms with Gasteiger partial charge in [-0.15, -0.1) is 12.4 Å². The van der Waals surface area contributed by atoms with Crippen LogP contribution in [0.25, 0.3) is 10.9 Å². The Hall–Kier alpha value is -1.63. The summed E-state index contributed by atoms with van der Waals surface area (Å²) >= 11 is 0. The SMILES string of the molecule is COCCCCn1c(CC(=O)N(C(C)C)[C@@H]2CCCNC2)cc2cc(F)ccc21.Cl. The molecule has 1 aromatic carbocycles. The number of methoxy groups -OCH3 is 1. The highest BCUT2D eigenvalue weighted by atomic mass is 35.5. The number of carbonyl (C=O) groups is 1. The lowest BCUT2D eigenvalue weighted by atomic mass is 10.0. The smallest absolute Gasteiger partial charge is 0.229 e. The van der Waals surface area contributed by atoms with Crippen molar-refractivity contribution in [3.05, 3.63) is 35.8 Å². The fraction of sp³-hybridized carbons (Fsp3) is 0.609. The number of nitrogens with one attached hydrogen (secondary N) is 1. The van der Waals surface area contributed by atoms with E-state index in [4.69, 9.17) is 4.74 Å². The van der Waals surface area contributed by atoms with Crippen LogP contribution < -0.4 is 5.32 Å². The second-order valence-electron chi connectivity index (χ2n) is 8.26. The van der Waals surface area contributed by atoms with Crippen molar-refractivity contribution in [2.24, 2.45) is 0 Å². The predicted octanol–water partition coefficient (Wildman–Crippen LogP) is 4.16. The molecule has 1 N–H and O–H groups in total. The molecule has 7 heteroatoms. The van der Waals surface area contributed by atoms with E-state index in [1.54, 1.807) is 13.2 Å². The number of piperidine rings is 1. The molecule has 1 fully saturated rings. The van der Waals surface area contributed by atoms with Crippen molar-refractivity contribution in [1.82, 2.24) is 14.8 Å². The van der Waals surface area contributed by atoms with Crippen LogP contribution in [-0.4, -0.2) is 54.3 Å². The van der Waals surface area contributed by atoms with E-state index < -0.39 is 0 Å². The van der Waals surface area contributed by atoms with E-state index in [1.807, 2.05) is 17.0 Å². The molecule has 3 rings (SSSR count). The van der Waals surface area contributed by atoms with Crippen molar-refractivity contribution in [3.8, 4) is 0 Å². The zero-order valence-corrected chi connectivity index (χ0v) is 19.1. The Kier molecular flexibility index (Phi) is 9.59. The van der Waals surface area contributed by atoms with Gasteiger partial charge in [-0.1, -0.05) is 0 Å². The van der Waals surface area contributed by atoms with Crippen LogP contribution in [-0.2, 0) is 22.5 Å². The maximum atomic E-state index is 13.8. The molecule has 0 spiro atoms. The first kappa shape index (κ1) is 24.6. The van der Waals surface area contributed by atoms with Crippen LogP contribution in [0.3, 0.4) is 0 Å². The Balaban J connectivity index is 0.00000320. The molecule has 0 bridgehead atoms. The number of aromatic nitrogens is 1. The Morgan fingerprint density at radius 3 is 2.80 bits per heavy atom. The highest BCUT2D eigenvalue weighted by molar-refractivity contribution is 5.86. The standard InChI is InChI=1S/C23H34FN3O2.ClH/c1-17(2)27(20-7-6-10-25-16-20)23(28)15-21-14-18-13-19(24)8-9-22(18)26(21)11-4-5-12-29-3;/h8-9,13-14,17,20,25H,4-7,10-12,15-16H2,1-3H3;1H/t20-;/m1./s1. The number of hydrogen-bond acceptors (Lipinski definition) is 3. The van der Waals surface area contributed by atoms with E-state index in [1.165, 1.54) is 6.07 Å². The fourth-order valence-electron chi connectivity index (χ4n) is 4.46. The summed E-state index contributed by atoms with van der Waals surface area (Å²) in [6.07, 6.45) is 4.39. The second-order valence-corrected chi connectivity index (χ2v) is 8.26. The number of halogens is 2. The number of unbranched alkanes of at least 4 members (excludes halogenated alkanes) is 1. The van der Waals surface area contributed by atoms with Crippen LogP contribution in [0.5, 0.6) is 0 Å². The van der Waals surface area contributed by atoms with Gasteiger partial charge in [-0.25, -0.2) is 4.39 Å². The van der Waals surface area contributed by atoms with Gasteiger partial charge in [-0.2, -0.15) is 0 Å². The predicted molar refractivity (Wildman–Crippen MR) is 122 cm³/mol. The van der Waals surface area contributed by atoms with E-state index in [9.17, 15) is 9.18 Å². The van der Waals surface area contributed by atoms with Crippen molar-refractivity contribution in [1.29, 1.82) is 0 Å². The summed E-state index contributed by atoms with van der Waals surface area (Å²) in [6.45, 7) is 7.57. The molecule has 2 aromatic rings. The Bertz CT molecular complexity index is 818. The average molecular weight is 440 g/mol. The van der Waals surface area contributed by atoms with Gasteiger partial charge in [-0.05, 0) is 70.3 Å². The van der Waals surface area contributed by atoms with Gasteiger partial charge < -0.3 is 19.5 Å². The van der Waals surface area contributed by atoms with E-state index in [2.05, 4.69) is 23.7 Å². The van der Waals surface area contributed by atoms with E-state index in [-0.39, 0.29) is 36.2 Å². The zero-order chi connectivity index (χ0) is 20.8. The number of benzene rings is 1. The van der Waals surface area contributed by atoms with Crippen LogP contribution in [0.4, 0.5) is 4.39 Å². The number of aryl methyl sites for hydroxylation is 1. The first-order valence-electron chi connectivity index (χ1n) is 10.8. The maximum absolute atomic E-state index is 13.8. The summed E-state index contributed by atoms with van der Waals surface area (Å²) < 4.78 is 21.1. The maximum Gasteiger partial charge on any atom is 0.229 e. The molecule has 1 aliphatic heterocycles. The van der Waals surface area contributed by atoms with Gasteiger partial charge in [0.25, 0.3) is 0 Å². The normalized spacial score (nSPS) is 16.6. The molecule has 1 saturated heterocycles. The molecular weight excluding hydrogens is 405 g/mol. The lowest BCUT2D eigenvalue weighted by Crippen LogP contribution is -2.52. The minimum Gasteiger partial charge on any atom is -0.385 e. The third-order valence-corrected chi connectivity index (χ3v) is 5.77. The molecule has 0 saturated carbocycles. The molecule has 1 aliphatic rings. The van der Waals surface area contributed by atoms with Gasteiger partial charge in [0, 0.05) is 55.5 Å². The van der Waals surface area contributed by atoms with Gasteiger partial charge in [0.15, 0.2) is 0 Å².